The summed E-state index contributed by atoms with van der Waals surface area (Å²) in [5.41, 5.74) is 1.26. The number of nitrogens with zero attached hydrogens (tertiary/aromatic N) is 2. The molecule has 3 heterocycles. The van der Waals surface area contributed by atoms with Gasteiger partial charge >= 0.3 is 0 Å². The number of pyridine rings is 1. The van der Waals surface area contributed by atoms with Gasteiger partial charge in [0.2, 0.25) is 11.8 Å². The van der Waals surface area contributed by atoms with Gasteiger partial charge < -0.3 is 14.5 Å². The van der Waals surface area contributed by atoms with E-state index in [1.165, 1.54) is 31.5 Å². The summed E-state index contributed by atoms with van der Waals surface area (Å²) in [6.45, 7) is 4.63. The predicted octanol–water partition coefficient (Wildman–Crippen LogP) is 3.48. The van der Waals surface area contributed by atoms with E-state index in [1.807, 2.05) is 24.4 Å². The molecule has 0 radical (unpaired) electrons. The van der Waals surface area contributed by atoms with Gasteiger partial charge in [-0.15, -0.1) is 11.8 Å². The second-order valence-electron chi connectivity index (χ2n) is 6.96. The molecule has 3 rings (SSSR count). The molecule has 1 aliphatic rings. The van der Waals surface area contributed by atoms with Gasteiger partial charge in [-0.1, -0.05) is 0 Å². The number of nitrogens with one attached hydrogen (secondary N) is 1. The third-order valence-electron chi connectivity index (χ3n) is 4.60. The number of unbranched alkanes of at least 4 members (excludes halogenated alkanes) is 1. The Morgan fingerprint density at radius 3 is 3.00 bits per heavy atom. The maximum absolute atomic E-state index is 11.8. The van der Waals surface area contributed by atoms with E-state index in [-0.39, 0.29) is 5.91 Å². The molecule has 0 bridgehead atoms. The van der Waals surface area contributed by atoms with Gasteiger partial charge in [-0.05, 0) is 62.5 Å². The fourth-order valence-corrected chi connectivity index (χ4v) is 3.90. The zero-order valence-corrected chi connectivity index (χ0v) is 17.1. The highest BCUT2D eigenvalue weighted by atomic mass is 32.2. The van der Waals surface area contributed by atoms with E-state index >= 15 is 0 Å². The third-order valence-corrected chi connectivity index (χ3v) is 5.56. The number of rotatable bonds is 12. The Labute approximate surface area is 171 Å². The Balaban J connectivity index is 1.22. The maximum atomic E-state index is 11.8. The first kappa shape index (κ1) is 20.7. The summed E-state index contributed by atoms with van der Waals surface area (Å²) in [5.74, 6) is 2.82. The number of ether oxygens (including phenoxy) is 1. The molecule has 0 aromatic carbocycles. The van der Waals surface area contributed by atoms with Crippen LogP contribution in [0.15, 0.2) is 41.1 Å². The van der Waals surface area contributed by atoms with Crippen molar-refractivity contribution in [3.8, 4) is 5.88 Å². The predicted molar refractivity (Wildman–Crippen MR) is 111 cm³/mol. The minimum Gasteiger partial charge on any atom is -0.478 e. The van der Waals surface area contributed by atoms with Gasteiger partial charge in [0.25, 0.3) is 0 Å². The van der Waals surface area contributed by atoms with Crippen LogP contribution in [0.25, 0.3) is 0 Å². The summed E-state index contributed by atoms with van der Waals surface area (Å²) in [5, 5.41) is 2.94. The number of aromatic nitrogens is 1. The Bertz CT molecular complexity index is 703. The van der Waals surface area contributed by atoms with Gasteiger partial charge in [0.1, 0.15) is 5.76 Å². The number of carbonyl (C=O) groups excluding carboxylic acids is 1. The van der Waals surface area contributed by atoms with Crippen molar-refractivity contribution in [1.29, 1.82) is 0 Å². The molecule has 2 aromatic rings. The van der Waals surface area contributed by atoms with E-state index in [2.05, 4.69) is 21.3 Å². The van der Waals surface area contributed by atoms with Gasteiger partial charge in [0.05, 0.1) is 24.4 Å². The van der Waals surface area contributed by atoms with Crippen LogP contribution in [0.3, 0.4) is 0 Å². The number of amides is 1. The first-order valence-corrected chi connectivity index (χ1v) is 11.1. The molecule has 0 unspecified atom stereocenters. The van der Waals surface area contributed by atoms with E-state index in [9.17, 15) is 4.79 Å². The molecule has 1 amide bonds. The van der Waals surface area contributed by atoms with Crippen LogP contribution in [-0.4, -0.2) is 47.8 Å². The molecule has 28 heavy (non-hydrogen) atoms. The van der Waals surface area contributed by atoms with Crippen LogP contribution < -0.4 is 10.1 Å². The lowest BCUT2D eigenvalue weighted by Crippen LogP contribution is -2.26. The average Bonchev–Trinajstić information content (AvgIpc) is 3.39. The van der Waals surface area contributed by atoms with E-state index in [0.29, 0.717) is 24.8 Å². The molecule has 152 valence electrons. The molecule has 0 saturated carbocycles. The number of hydrogen-bond acceptors (Lipinski definition) is 6. The molecule has 0 atom stereocenters. The summed E-state index contributed by atoms with van der Waals surface area (Å²) < 4.78 is 11.0. The molecular formula is C21H29N3O3S. The average molecular weight is 404 g/mol. The number of hydrogen-bond donors (Lipinski definition) is 1. The lowest BCUT2D eigenvalue weighted by atomic mass is 10.2. The number of carbonyl (C=O) groups is 1. The number of likely N-dealkylation sites (tertiary alicyclic amines) is 1. The van der Waals surface area contributed by atoms with Crippen LogP contribution in [0, 0.1) is 0 Å². The topological polar surface area (TPSA) is 67.6 Å². The van der Waals surface area contributed by atoms with Crippen LogP contribution in [0.4, 0.5) is 0 Å². The molecule has 1 N–H and O–H groups in total. The number of thioether (sulfide) groups is 1. The quantitative estimate of drug-likeness (QED) is 0.547. The Kier molecular flexibility index (Phi) is 8.71. The van der Waals surface area contributed by atoms with E-state index in [4.69, 9.17) is 9.15 Å². The SMILES string of the molecule is O=C(CSCc1ccco1)NCCCCOc1cc(CN2CCCC2)ccn1. The van der Waals surface area contributed by atoms with Gasteiger partial charge in [0, 0.05) is 25.4 Å². The van der Waals surface area contributed by atoms with Gasteiger partial charge in [-0.3, -0.25) is 9.69 Å². The van der Waals surface area contributed by atoms with Crippen LogP contribution in [-0.2, 0) is 17.1 Å². The van der Waals surface area contributed by atoms with E-state index < -0.39 is 0 Å². The third kappa shape index (κ3) is 7.56. The fourth-order valence-electron chi connectivity index (χ4n) is 3.15. The van der Waals surface area contributed by atoms with Crippen molar-refractivity contribution in [3.05, 3.63) is 48.0 Å². The van der Waals surface area contributed by atoms with Gasteiger partial charge in [0.15, 0.2) is 0 Å². The lowest BCUT2D eigenvalue weighted by molar-refractivity contribution is -0.118. The van der Waals surface area contributed by atoms with Gasteiger partial charge in [-0.2, -0.15) is 0 Å². The van der Waals surface area contributed by atoms with Crippen molar-refractivity contribution >= 4 is 17.7 Å². The van der Waals surface area contributed by atoms with Crippen molar-refractivity contribution in [2.75, 3.05) is 32.0 Å². The van der Waals surface area contributed by atoms with Crippen molar-refractivity contribution in [2.24, 2.45) is 0 Å². The first-order chi connectivity index (χ1) is 13.8. The molecule has 6 nitrogen and oxygen atoms in total. The summed E-state index contributed by atoms with van der Waals surface area (Å²) >= 11 is 1.55. The summed E-state index contributed by atoms with van der Waals surface area (Å²) in [6.07, 6.45) is 7.85. The van der Waals surface area contributed by atoms with Crippen LogP contribution in [0.5, 0.6) is 5.88 Å². The lowest BCUT2D eigenvalue weighted by Gasteiger charge is -2.15. The van der Waals surface area contributed by atoms with Crippen LogP contribution in [0.1, 0.15) is 37.0 Å². The summed E-state index contributed by atoms with van der Waals surface area (Å²) in [6, 6.07) is 7.88. The Morgan fingerprint density at radius 1 is 1.29 bits per heavy atom. The van der Waals surface area contributed by atoms with Crippen molar-refractivity contribution in [1.82, 2.24) is 15.2 Å². The minimum atomic E-state index is 0.0637. The largest absolute Gasteiger partial charge is 0.478 e. The Morgan fingerprint density at radius 2 is 2.18 bits per heavy atom. The van der Waals surface area contributed by atoms with Crippen molar-refractivity contribution in [2.45, 2.75) is 38.0 Å². The second-order valence-corrected chi connectivity index (χ2v) is 7.95. The summed E-state index contributed by atoms with van der Waals surface area (Å²) in [4.78, 5) is 18.6. The fraction of sp³-hybridized carbons (Fsp3) is 0.524. The normalized spacial score (nSPS) is 14.3. The van der Waals surface area contributed by atoms with E-state index in [1.54, 1.807) is 18.0 Å². The van der Waals surface area contributed by atoms with Crippen LogP contribution in [0.2, 0.25) is 0 Å². The molecule has 1 fully saturated rings. The summed E-state index contributed by atoms with van der Waals surface area (Å²) in [7, 11) is 0. The monoisotopic (exact) mass is 403 g/mol. The first-order valence-electron chi connectivity index (χ1n) is 9.96. The maximum Gasteiger partial charge on any atom is 0.230 e. The smallest absolute Gasteiger partial charge is 0.230 e. The Hall–Kier alpha value is -1.99. The molecule has 0 aliphatic carbocycles. The highest BCUT2D eigenvalue weighted by Gasteiger charge is 2.12. The number of furan rings is 1. The second kappa shape index (κ2) is 11.8. The molecule has 7 heteroatoms. The molecule has 2 aromatic heterocycles. The van der Waals surface area contributed by atoms with Crippen molar-refractivity contribution < 1.29 is 13.9 Å². The zero-order valence-electron chi connectivity index (χ0n) is 16.3. The molecule has 0 spiro atoms. The zero-order chi connectivity index (χ0) is 19.4. The van der Waals surface area contributed by atoms with Gasteiger partial charge in [-0.25, -0.2) is 4.98 Å². The molecular weight excluding hydrogens is 374 g/mol. The molecule has 1 saturated heterocycles. The molecule has 1 aliphatic heterocycles. The highest BCUT2D eigenvalue weighted by Crippen LogP contribution is 2.16. The van der Waals surface area contributed by atoms with E-state index in [0.717, 1.165) is 30.9 Å². The standard InChI is InChI=1S/C21H29N3O3S/c25-20(17-28-16-19-6-5-13-26-19)22-8-1-4-12-27-21-14-18(7-9-23-21)15-24-10-2-3-11-24/h5-7,9,13-14H,1-4,8,10-12,15-17H2,(H,22,25). The minimum absolute atomic E-state index is 0.0637. The highest BCUT2D eigenvalue weighted by molar-refractivity contribution is 7.99. The van der Waals surface area contributed by atoms with Crippen LogP contribution >= 0.6 is 11.8 Å². The van der Waals surface area contributed by atoms with Crippen molar-refractivity contribution in [3.63, 3.8) is 0 Å².